The SMILES string of the molecule is CCC(C)(NC(=O)OCC1c2ccccc2-c2ccccc21)C(=O)N1CCOCC1C(=O)O. The Balaban J connectivity index is 1.46. The zero-order chi connectivity index (χ0) is 23.6. The lowest BCUT2D eigenvalue weighted by atomic mass is 9.95. The van der Waals surface area contributed by atoms with Gasteiger partial charge in [0, 0.05) is 12.5 Å². The number of aliphatic carboxylic acids is 1. The summed E-state index contributed by atoms with van der Waals surface area (Å²) in [7, 11) is 0. The van der Waals surface area contributed by atoms with Crippen LogP contribution in [0.1, 0.15) is 37.3 Å². The summed E-state index contributed by atoms with van der Waals surface area (Å²) < 4.78 is 10.8. The number of amides is 2. The number of fused-ring (bicyclic) bond motifs is 3. The summed E-state index contributed by atoms with van der Waals surface area (Å²) in [4.78, 5) is 38.8. The van der Waals surface area contributed by atoms with Gasteiger partial charge in [-0.25, -0.2) is 9.59 Å². The second-order valence-electron chi connectivity index (χ2n) is 8.56. The molecule has 1 saturated heterocycles. The van der Waals surface area contributed by atoms with E-state index in [-0.39, 0.29) is 38.7 Å². The Kier molecular flexibility index (Phi) is 6.37. The fraction of sp³-hybridized carbons (Fsp3) is 0.400. The van der Waals surface area contributed by atoms with Crippen LogP contribution in [0.5, 0.6) is 0 Å². The first-order chi connectivity index (χ1) is 15.9. The molecule has 2 aromatic rings. The van der Waals surface area contributed by atoms with Gasteiger partial charge in [0.05, 0.1) is 13.2 Å². The first kappa shape index (κ1) is 22.8. The molecule has 1 fully saturated rings. The van der Waals surface area contributed by atoms with Gasteiger partial charge in [0.2, 0.25) is 5.91 Å². The fourth-order valence-corrected chi connectivity index (χ4v) is 4.52. The van der Waals surface area contributed by atoms with E-state index in [1.165, 1.54) is 4.90 Å². The minimum atomic E-state index is -1.30. The van der Waals surface area contributed by atoms with Gasteiger partial charge in [-0.15, -0.1) is 0 Å². The second kappa shape index (κ2) is 9.23. The van der Waals surface area contributed by atoms with E-state index >= 15 is 0 Å². The molecule has 0 bridgehead atoms. The van der Waals surface area contributed by atoms with Crippen molar-refractivity contribution in [2.45, 2.75) is 37.8 Å². The fourth-order valence-electron chi connectivity index (χ4n) is 4.52. The summed E-state index contributed by atoms with van der Waals surface area (Å²) >= 11 is 0. The van der Waals surface area contributed by atoms with E-state index in [1.54, 1.807) is 13.8 Å². The van der Waals surface area contributed by atoms with Crippen LogP contribution in [0.4, 0.5) is 4.79 Å². The molecule has 1 heterocycles. The number of nitrogens with one attached hydrogen (secondary N) is 1. The molecule has 2 atom stereocenters. The highest BCUT2D eigenvalue weighted by Gasteiger charge is 2.43. The van der Waals surface area contributed by atoms with E-state index in [2.05, 4.69) is 17.4 Å². The van der Waals surface area contributed by atoms with Crippen LogP contribution in [-0.2, 0) is 19.1 Å². The number of alkyl carbamates (subject to hydrolysis) is 1. The maximum Gasteiger partial charge on any atom is 0.408 e. The molecule has 0 saturated carbocycles. The molecule has 8 nitrogen and oxygen atoms in total. The third kappa shape index (κ3) is 4.30. The molecule has 0 radical (unpaired) electrons. The van der Waals surface area contributed by atoms with Gasteiger partial charge in [0.25, 0.3) is 0 Å². The quantitative estimate of drug-likeness (QED) is 0.698. The maximum atomic E-state index is 13.2. The molecular weight excluding hydrogens is 424 g/mol. The molecule has 0 aromatic heterocycles. The van der Waals surface area contributed by atoms with Crippen LogP contribution in [0.25, 0.3) is 11.1 Å². The molecule has 33 heavy (non-hydrogen) atoms. The van der Waals surface area contributed by atoms with Crippen molar-refractivity contribution in [2.24, 2.45) is 0 Å². The van der Waals surface area contributed by atoms with Crippen molar-refractivity contribution >= 4 is 18.0 Å². The number of hydrogen-bond donors (Lipinski definition) is 2. The molecule has 1 aliphatic carbocycles. The Labute approximate surface area is 192 Å². The molecule has 2 unspecified atom stereocenters. The molecule has 0 spiro atoms. The van der Waals surface area contributed by atoms with Gasteiger partial charge < -0.3 is 24.8 Å². The van der Waals surface area contributed by atoms with Crippen LogP contribution in [0.3, 0.4) is 0 Å². The molecule has 1 aliphatic heterocycles. The summed E-state index contributed by atoms with van der Waals surface area (Å²) in [6.45, 7) is 3.80. The molecule has 2 amide bonds. The number of ether oxygens (including phenoxy) is 2. The molecule has 4 rings (SSSR count). The number of hydrogen-bond acceptors (Lipinski definition) is 5. The van der Waals surface area contributed by atoms with E-state index in [0.29, 0.717) is 0 Å². The van der Waals surface area contributed by atoms with E-state index in [0.717, 1.165) is 22.3 Å². The number of nitrogens with zero attached hydrogens (tertiary/aromatic N) is 1. The van der Waals surface area contributed by atoms with Crippen LogP contribution < -0.4 is 5.32 Å². The summed E-state index contributed by atoms with van der Waals surface area (Å²) in [6.07, 6.45) is -0.436. The lowest BCUT2D eigenvalue weighted by Crippen LogP contribution is -2.63. The first-order valence-corrected chi connectivity index (χ1v) is 11.1. The largest absolute Gasteiger partial charge is 0.480 e. The summed E-state index contributed by atoms with van der Waals surface area (Å²) in [6, 6.07) is 15.0. The Morgan fingerprint density at radius 2 is 1.73 bits per heavy atom. The topological polar surface area (TPSA) is 105 Å². The van der Waals surface area contributed by atoms with E-state index in [9.17, 15) is 19.5 Å². The number of carbonyl (C=O) groups is 3. The first-order valence-electron chi connectivity index (χ1n) is 11.1. The number of rotatable bonds is 6. The molecule has 174 valence electrons. The summed E-state index contributed by atoms with van der Waals surface area (Å²) in [5.41, 5.74) is 3.15. The lowest BCUT2D eigenvalue weighted by Gasteiger charge is -2.39. The Morgan fingerprint density at radius 3 is 2.30 bits per heavy atom. The van der Waals surface area contributed by atoms with Gasteiger partial charge in [0.15, 0.2) is 6.04 Å². The second-order valence-corrected chi connectivity index (χ2v) is 8.56. The zero-order valence-corrected chi connectivity index (χ0v) is 18.7. The summed E-state index contributed by atoms with van der Waals surface area (Å²) in [5.74, 6) is -1.70. The average molecular weight is 453 g/mol. The normalized spacial score (nSPS) is 19.2. The highest BCUT2D eigenvalue weighted by molar-refractivity contribution is 5.92. The molecular formula is C25H28N2O6. The van der Waals surface area contributed by atoms with E-state index in [1.807, 2.05) is 36.4 Å². The van der Waals surface area contributed by atoms with Crippen molar-refractivity contribution in [3.05, 3.63) is 59.7 Å². The molecule has 2 N–H and O–H groups in total. The van der Waals surface area contributed by atoms with Crippen molar-refractivity contribution in [3.8, 4) is 11.1 Å². The molecule has 2 aromatic carbocycles. The van der Waals surface area contributed by atoms with Gasteiger partial charge in [0.1, 0.15) is 12.1 Å². The van der Waals surface area contributed by atoms with Gasteiger partial charge >= 0.3 is 12.1 Å². The van der Waals surface area contributed by atoms with Gasteiger partial charge in [-0.2, -0.15) is 0 Å². The van der Waals surface area contributed by atoms with Crippen LogP contribution in [0.2, 0.25) is 0 Å². The number of carbonyl (C=O) groups excluding carboxylic acids is 2. The van der Waals surface area contributed by atoms with Crippen LogP contribution >= 0.6 is 0 Å². The predicted octanol–water partition coefficient (Wildman–Crippen LogP) is 3.01. The Hall–Kier alpha value is -3.39. The summed E-state index contributed by atoms with van der Waals surface area (Å²) in [5, 5.41) is 12.1. The van der Waals surface area contributed by atoms with Crippen molar-refractivity contribution < 1.29 is 29.0 Å². The third-order valence-electron chi connectivity index (χ3n) is 6.58. The van der Waals surface area contributed by atoms with Crippen molar-refractivity contribution in [2.75, 3.05) is 26.4 Å². The molecule has 8 heteroatoms. The van der Waals surface area contributed by atoms with Crippen molar-refractivity contribution in [1.82, 2.24) is 10.2 Å². The van der Waals surface area contributed by atoms with Crippen LogP contribution in [0.15, 0.2) is 48.5 Å². The average Bonchev–Trinajstić information content (AvgIpc) is 3.16. The Morgan fingerprint density at radius 1 is 1.12 bits per heavy atom. The number of carboxylic acids is 1. The number of morpholine rings is 1. The van der Waals surface area contributed by atoms with Gasteiger partial charge in [-0.1, -0.05) is 55.5 Å². The lowest BCUT2D eigenvalue weighted by molar-refractivity contribution is -0.161. The minimum Gasteiger partial charge on any atom is -0.480 e. The highest BCUT2D eigenvalue weighted by Crippen LogP contribution is 2.44. The van der Waals surface area contributed by atoms with Gasteiger partial charge in [-0.05, 0) is 35.6 Å². The standard InChI is InChI=1S/C25H28N2O6/c1-3-25(2,23(30)27-12-13-32-15-21(27)22(28)29)26-24(31)33-14-20-18-10-6-4-8-16(18)17-9-5-7-11-19(17)20/h4-11,20-21H,3,12-15H2,1-2H3,(H,26,31)(H,28,29). The zero-order valence-electron chi connectivity index (χ0n) is 18.7. The third-order valence-corrected chi connectivity index (χ3v) is 6.58. The minimum absolute atomic E-state index is 0.0776. The maximum absolute atomic E-state index is 13.2. The van der Waals surface area contributed by atoms with Crippen LogP contribution in [-0.4, -0.2) is 65.9 Å². The Bertz CT molecular complexity index is 1020. The van der Waals surface area contributed by atoms with E-state index < -0.39 is 29.6 Å². The monoisotopic (exact) mass is 452 g/mol. The number of benzene rings is 2. The van der Waals surface area contributed by atoms with Crippen molar-refractivity contribution in [3.63, 3.8) is 0 Å². The van der Waals surface area contributed by atoms with Gasteiger partial charge in [-0.3, -0.25) is 4.79 Å². The molecule has 2 aliphatic rings. The van der Waals surface area contributed by atoms with E-state index in [4.69, 9.17) is 9.47 Å². The number of carboxylic acid groups (broad SMARTS) is 1. The van der Waals surface area contributed by atoms with Crippen LogP contribution in [0, 0.1) is 0 Å². The highest BCUT2D eigenvalue weighted by atomic mass is 16.5. The smallest absolute Gasteiger partial charge is 0.408 e. The van der Waals surface area contributed by atoms with Crippen molar-refractivity contribution in [1.29, 1.82) is 0 Å². The predicted molar refractivity (Wildman–Crippen MR) is 121 cm³/mol.